The molecular formula is C12H18O. The highest BCUT2D eigenvalue weighted by atomic mass is 16.5. The van der Waals surface area contributed by atoms with Gasteiger partial charge in [0.2, 0.25) is 0 Å². The van der Waals surface area contributed by atoms with E-state index in [0.29, 0.717) is 6.10 Å². The zero-order valence-electron chi connectivity index (χ0n) is 8.71. The maximum absolute atomic E-state index is 5.49. The van der Waals surface area contributed by atoms with Gasteiger partial charge in [-0.25, -0.2) is 0 Å². The van der Waals surface area contributed by atoms with Crippen LogP contribution in [0.25, 0.3) is 0 Å². The van der Waals surface area contributed by atoms with Crippen LogP contribution in [0.1, 0.15) is 25.0 Å². The Hall–Kier alpha value is -0.820. The Balaban J connectivity index is 2.37. The molecule has 1 rings (SSSR count). The lowest BCUT2D eigenvalue weighted by Crippen LogP contribution is -2.05. The van der Waals surface area contributed by atoms with Gasteiger partial charge in [0, 0.05) is 0 Å². The average Bonchev–Trinajstić information content (AvgIpc) is 2.03. The maximum atomic E-state index is 5.49. The van der Waals surface area contributed by atoms with E-state index in [0.717, 1.165) is 13.0 Å². The first kappa shape index (κ1) is 10.3. The first-order valence-corrected chi connectivity index (χ1v) is 4.85. The van der Waals surface area contributed by atoms with Crippen LogP contribution in [0.4, 0.5) is 0 Å². The molecule has 0 N–H and O–H groups in total. The predicted octanol–water partition coefficient (Wildman–Crippen LogP) is 2.96. The van der Waals surface area contributed by atoms with Crippen LogP contribution in [0, 0.1) is 6.92 Å². The van der Waals surface area contributed by atoms with E-state index in [1.807, 2.05) is 0 Å². The minimum absolute atomic E-state index is 0.338. The molecule has 0 atom stereocenters. The lowest BCUT2D eigenvalue weighted by molar-refractivity contribution is 0.0813. The SMILES string of the molecule is Cc1cccc(CCOC(C)C)c1. The number of ether oxygens (including phenoxy) is 1. The third-order valence-electron chi connectivity index (χ3n) is 1.92. The van der Waals surface area contributed by atoms with Crippen molar-refractivity contribution >= 4 is 0 Å². The van der Waals surface area contributed by atoms with E-state index in [2.05, 4.69) is 45.0 Å². The molecule has 0 saturated carbocycles. The van der Waals surface area contributed by atoms with Crippen molar-refractivity contribution in [1.29, 1.82) is 0 Å². The van der Waals surface area contributed by atoms with Crippen LogP contribution in [0.5, 0.6) is 0 Å². The van der Waals surface area contributed by atoms with E-state index in [-0.39, 0.29) is 0 Å². The molecule has 0 unspecified atom stereocenters. The second-order valence-electron chi connectivity index (χ2n) is 3.66. The highest BCUT2D eigenvalue weighted by molar-refractivity contribution is 5.22. The molecule has 0 amide bonds. The Bertz CT molecular complexity index is 253. The first-order chi connectivity index (χ1) is 6.18. The van der Waals surface area contributed by atoms with E-state index >= 15 is 0 Å². The van der Waals surface area contributed by atoms with Crippen molar-refractivity contribution < 1.29 is 4.74 Å². The fourth-order valence-corrected chi connectivity index (χ4v) is 1.28. The summed E-state index contributed by atoms with van der Waals surface area (Å²) in [7, 11) is 0. The van der Waals surface area contributed by atoms with Crippen LogP contribution in [0.3, 0.4) is 0 Å². The Morgan fingerprint density at radius 1 is 1.31 bits per heavy atom. The second-order valence-corrected chi connectivity index (χ2v) is 3.66. The minimum atomic E-state index is 0.338. The summed E-state index contributed by atoms with van der Waals surface area (Å²) >= 11 is 0. The van der Waals surface area contributed by atoms with Crippen molar-refractivity contribution in [3.05, 3.63) is 35.4 Å². The van der Waals surface area contributed by atoms with Gasteiger partial charge in [0.15, 0.2) is 0 Å². The summed E-state index contributed by atoms with van der Waals surface area (Å²) < 4.78 is 5.49. The van der Waals surface area contributed by atoms with E-state index in [1.54, 1.807) is 0 Å². The quantitative estimate of drug-likeness (QED) is 0.688. The Labute approximate surface area is 80.7 Å². The van der Waals surface area contributed by atoms with E-state index in [9.17, 15) is 0 Å². The van der Waals surface area contributed by atoms with Crippen LogP contribution in [-0.2, 0) is 11.2 Å². The summed E-state index contributed by atoms with van der Waals surface area (Å²) in [5.74, 6) is 0. The number of aryl methyl sites for hydroxylation is 1. The van der Waals surface area contributed by atoms with Gasteiger partial charge in [-0.2, -0.15) is 0 Å². The zero-order chi connectivity index (χ0) is 9.68. The average molecular weight is 178 g/mol. The molecule has 0 aliphatic heterocycles. The Kier molecular flexibility index (Phi) is 3.97. The van der Waals surface area contributed by atoms with Gasteiger partial charge >= 0.3 is 0 Å². The maximum Gasteiger partial charge on any atom is 0.0519 e. The van der Waals surface area contributed by atoms with Crippen LogP contribution in [-0.4, -0.2) is 12.7 Å². The smallest absolute Gasteiger partial charge is 0.0519 e. The summed E-state index contributed by atoms with van der Waals surface area (Å²) in [5.41, 5.74) is 2.68. The number of hydrogen-bond donors (Lipinski definition) is 0. The molecule has 1 nitrogen and oxygen atoms in total. The molecule has 0 saturated heterocycles. The molecule has 0 fully saturated rings. The van der Waals surface area contributed by atoms with Gasteiger partial charge < -0.3 is 4.74 Å². The number of hydrogen-bond acceptors (Lipinski definition) is 1. The van der Waals surface area contributed by atoms with Crippen molar-refractivity contribution in [3.63, 3.8) is 0 Å². The molecule has 0 aliphatic rings. The fraction of sp³-hybridized carbons (Fsp3) is 0.500. The van der Waals surface area contributed by atoms with Gasteiger partial charge in [0.05, 0.1) is 12.7 Å². The Morgan fingerprint density at radius 2 is 2.08 bits per heavy atom. The van der Waals surface area contributed by atoms with Gasteiger partial charge in [0.1, 0.15) is 0 Å². The van der Waals surface area contributed by atoms with Crippen LogP contribution >= 0.6 is 0 Å². The van der Waals surface area contributed by atoms with E-state index in [4.69, 9.17) is 4.74 Å². The van der Waals surface area contributed by atoms with Gasteiger partial charge in [-0.05, 0) is 32.8 Å². The van der Waals surface area contributed by atoms with Crippen molar-refractivity contribution in [3.8, 4) is 0 Å². The highest BCUT2D eigenvalue weighted by Gasteiger charge is 1.95. The van der Waals surface area contributed by atoms with Gasteiger partial charge in [-0.1, -0.05) is 29.8 Å². The van der Waals surface area contributed by atoms with Gasteiger partial charge in [0.25, 0.3) is 0 Å². The standard InChI is InChI=1S/C12H18O/c1-10(2)13-8-7-12-6-4-5-11(3)9-12/h4-6,9-10H,7-8H2,1-3H3. The summed E-state index contributed by atoms with van der Waals surface area (Å²) in [6.07, 6.45) is 1.35. The lowest BCUT2D eigenvalue weighted by atomic mass is 10.1. The van der Waals surface area contributed by atoms with Crippen LogP contribution < -0.4 is 0 Å². The monoisotopic (exact) mass is 178 g/mol. The molecule has 0 bridgehead atoms. The number of rotatable bonds is 4. The third kappa shape index (κ3) is 4.09. The topological polar surface area (TPSA) is 9.23 Å². The van der Waals surface area contributed by atoms with Crippen molar-refractivity contribution in [2.24, 2.45) is 0 Å². The predicted molar refractivity (Wildman–Crippen MR) is 56.0 cm³/mol. The van der Waals surface area contributed by atoms with Gasteiger partial charge in [-0.15, -0.1) is 0 Å². The molecule has 1 aromatic carbocycles. The summed E-state index contributed by atoms with van der Waals surface area (Å²) in [6.45, 7) is 7.07. The minimum Gasteiger partial charge on any atom is -0.378 e. The second kappa shape index (κ2) is 5.03. The van der Waals surface area contributed by atoms with Crippen molar-refractivity contribution in [2.45, 2.75) is 33.3 Å². The molecule has 13 heavy (non-hydrogen) atoms. The van der Waals surface area contributed by atoms with Crippen molar-refractivity contribution in [1.82, 2.24) is 0 Å². The largest absolute Gasteiger partial charge is 0.378 e. The highest BCUT2D eigenvalue weighted by Crippen LogP contribution is 2.05. The summed E-state index contributed by atoms with van der Waals surface area (Å²) in [5, 5.41) is 0. The molecular weight excluding hydrogens is 160 g/mol. The van der Waals surface area contributed by atoms with E-state index < -0.39 is 0 Å². The molecule has 0 heterocycles. The van der Waals surface area contributed by atoms with Crippen LogP contribution in [0.2, 0.25) is 0 Å². The van der Waals surface area contributed by atoms with Gasteiger partial charge in [-0.3, -0.25) is 0 Å². The third-order valence-corrected chi connectivity index (χ3v) is 1.92. The number of benzene rings is 1. The lowest BCUT2D eigenvalue weighted by Gasteiger charge is -2.07. The Morgan fingerprint density at radius 3 is 2.69 bits per heavy atom. The molecule has 1 heteroatoms. The molecule has 1 aromatic rings. The van der Waals surface area contributed by atoms with Crippen LogP contribution in [0.15, 0.2) is 24.3 Å². The summed E-state index contributed by atoms with van der Waals surface area (Å²) in [4.78, 5) is 0. The van der Waals surface area contributed by atoms with Crippen molar-refractivity contribution in [2.75, 3.05) is 6.61 Å². The molecule has 0 aliphatic carbocycles. The fourth-order valence-electron chi connectivity index (χ4n) is 1.28. The molecule has 0 radical (unpaired) electrons. The normalized spacial score (nSPS) is 10.8. The molecule has 0 spiro atoms. The summed E-state index contributed by atoms with van der Waals surface area (Å²) in [6, 6.07) is 8.58. The first-order valence-electron chi connectivity index (χ1n) is 4.85. The molecule has 72 valence electrons. The van der Waals surface area contributed by atoms with E-state index in [1.165, 1.54) is 11.1 Å². The molecule has 0 aromatic heterocycles. The zero-order valence-corrected chi connectivity index (χ0v) is 8.71.